The van der Waals surface area contributed by atoms with E-state index in [0.717, 1.165) is 38.1 Å². The molecule has 0 aliphatic carbocycles. The molecule has 0 spiro atoms. The second-order valence-corrected chi connectivity index (χ2v) is 9.72. The first-order chi connectivity index (χ1) is 12.9. The molecule has 3 rings (SSSR count). The molecule has 1 aliphatic heterocycles. The molecule has 0 atom stereocenters. The van der Waals surface area contributed by atoms with E-state index in [1.807, 2.05) is 0 Å². The normalized spacial score (nSPS) is 16.0. The van der Waals surface area contributed by atoms with Gasteiger partial charge in [0.2, 0.25) is 0 Å². The number of thiocarbonyl (C=S) groups is 1. The molecule has 1 N–H and O–H groups in total. The van der Waals surface area contributed by atoms with Crippen molar-refractivity contribution in [3.8, 4) is 0 Å². The molecule has 8 nitrogen and oxygen atoms in total. The largest absolute Gasteiger partial charge is 0.353 e. The quantitative estimate of drug-likeness (QED) is 0.432. The Labute approximate surface area is 171 Å². The summed E-state index contributed by atoms with van der Waals surface area (Å²) in [5.41, 5.74) is 0.553. The molecule has 0 saturated carbocycles. The Kier molecular flexibility index (Phi) is 6.76. The van der Waals surface area contributed by atoms with Gasteiger partial charge in [-0.3, -0.25) is 4.72 Å². The zero-order chi connectivity index (χ0) is 19.3. The highest BCUT2D eigenvalue weighted by atomic mass is 32.2. The fraction of sp³-hybridized carbons (Fsp3) is 0.333. The summed E-state index contributed by atoms with van der Waals surface area (Å²) in [5.74, 6) is 0. The fourth-order valence-corrected chi connectivity index (χ4v) is 4.86. The maximum Gasteiger partial charge on any atom is 0.263 e. The van der Waals surface area contributed by atoms with Crippen molar-refractivity contribution in [2.24, 2.45) is 9.63 Å². The van der Waals surface area contributed by atoms with E-state index < -0.39 is 10.0 Å². The number of aromatic nitrogens is 1. The number of hydrogen-bond donors (Lipinski definition) is 1. The van der Waals surface area contributed by atoms with Crippen LogP contribution in [0.25, 0.3) is 0 Å². The Hall–Kier alpha value is -1.60. The predicted molar refractivity (Wildman–Crippen MR) is 113 cm³/mol. The number of thiazole rings is 1. The third kappa shape index (κ3) is 5.69. The molecular weight excluding hydrogens is 424 g/mol. The van der Waals surface area contributed by atoms with E-state index in [0.29, 0.717) is 15.1 Å². The molecular formula is C15H18N6O2S4. The molecule has 1 aliphatic rings. The number of sulfonamides is 1. The van der Waals surface area contributed by atoms with Crippen LogP contribution in [0.5, 0.6) is 0 Å². The molecule has 1 fully saturated rings. The van der Waals surface area contributed by atoms with E-state index in [2.05, 4.69) is 36.2 Å². The van der Waals surface area contributed by atoms with Gasteiger partial charge in [-0.05, 0) is 31.3 Å². The van der Waals surface area contributed by atoms with Crippen molar-refractivity contribution in [3.63, 3.8) is 0 Å². The van der Waals surface area contributed by atoms with Gasteiger partial charge in [0.15, 0.2) is 9.45 Å². The van der Waals surface area contributed by atoms with Gasteiger partial charge in [0, 0.05) is 37.8 Å². The monoisotopic (exact) mass is 442 g/mol. The van der Waals surface area contributed by atoms with Crippen LogP contribution in [0, 0.1) is 0 Å². The number of hydrogen-bond acceptors (Lipinski definition) is 9. The lowest BCUT2D eigenvalue weighted by molar-refractivity contribution is 0.220. The predicted octanol–water partition coefficient (Wildman–Crippen LogP) is 3.21. The Morgan fingerprint density at radius 2 is 1.96 bits per heavy atom. The maximum atomic E-state index is 12.3. The van der Waals surface area contributed by atoms with Crippen LogP contribution in [0.1, 0.15) is 0 Å². The van der Waals surface area contributed by atoms with Crippen LogP contribution < -0.4 is 4.72 Å². The summed E-state index contributed by atoms with van der Waals surface area (Å²) < 4.78 is 31.7. The van der Waals surface area contributed by atoms with E-state index in [-0.39, 0.29) is 4.90 Å². The minimum atomic E-state index is -3.66. The number of nitrogens with zero attached hydrogens (tertiary/aromatic N) is 5. The van der Waals surface area contributed by atoms with Gasteiger partial charge in [-0.2, -0.15) is 0 Å². The van der Waals surface area contributed by atoms with E-state index in [1.54, 1.807) is 17.5 Å². The van der Waals surface area contributed by atoms with E-state index >= 15 is 0 Å². The third-order valence-electron chi connectivity index (χ3n) is 3.84. The second-order valence-electron chi connectivity index (χ2n) is 5.77. The first kappa shape index (κ1) is 20.1. The van der Waals surface area contributed by atoms with Crippen molar-refractivity contribution in [1.29, 1.82) is 0 Å². The van der Waals surface area contributed by atoms with Crippen LogP contribution in [0.3, 0.4) is 0 Å². The van der Waals surface area contributed by atoms with Gasteiger partial charge >= 0.3 is 0 Å². The number of likely N-dealkylation sites (N-methyl/N-ethyl adjacent to an activating group) is 1. The van der Waals surface area contributed by atoms with Crippen molar-refractivity contribution in [3.05, 3.63) is 35.8 Å². The van der Waals surface area contributed by atoms with Crippen molar-refractivity contribution >= 4 is 60.7 Å². The van der Waals surface area contributed by atoms with Crippen LogP contribution in [0.2, 0.25) is 0 Å². The average molecular weight is 443 g/mol. The van der Waals surface area contributed by atoms with Crippen LogP contribution >= 0.6 is 35.5 Å². The van der Waals surface area contributed by atoms with E-state index in [1.165, 1.54) is 29.7 Å². The first-order valence-electron chi connectivity index (χ1n) is 8.02. The Morgan fingerprint density at radius 3 is 2.59 bits per heavy atom. The standard InChI is InChI=1S/C15H18N6O2S4/c1-20-7-9-21(10-8-20)15(24)26-19-17-12-2-4-13(5-3-12)27(22,23)18-14-16-6-11-25-14/h2-6,11H,7-10H2,1H3,(H,16,18). The number of anilines is 1. The maximum absolute atomic E-state index is 12.3. The van der Waals surface area contributed by atoms with E-state index in [9.17, 15) is 8.42 Å². The Balaban J connectivity index is 1.55. The zero-order valence-electron chi connectivity index (χ0n) is 14.5. The first-order valence-corrected chi connectivity index (χ1v) is 11.6. The van der Waals surface area contributed by atoms with Gasteiger partial charge < -0.3 is 9.80 Å². The molecule has 144 valence electrons. The summed E-state index contributed by atoms with van der Waals surface area (Å²) in [7, 11) is -1.58. The lowest BCUT2D eigenvalue weighted by atomic mass is 10.3. The van der Waals surface area contributed by atoms with Gasteiger partial charge in [-0.1, -0.05) is 12.2 Å². The van der Waals surface area contributed by atoms with Gasteiger partial charge in [0.25, 0.3) is 10.0 Å². The van der Waals surface area contributed by atoms with Crippen molar-refractivity contribution < 1.29 is 8.42 Å². The second kappa shape index (κ2) is 9.06. The Bertz CT molecular complexity index is 891. The zero-order valence-corrected chi connectivity index (χ0v) is 17.7. The highest BCUT2D eigenvalue weighted by Gasteiger charge is 2.17. The van der Waals surface area contributed by atoms with Crippen LogP contribution in [0.4, 0.5) is 10.8 Å². The van der Waals surface area contributed by atoms with Crippen molar-refractivity contribution in [2.45, 2.75) is 4.90 Å². The molecule has 1 aromatic heterocycles. The molecule has 12 heteroatoms. The highest BCUT2D eigenvalue weighted by Crippen LogP contribution is 2.22. The van der Waals surface area contributed by atoms with Crippen molar-refractivity contribution in [1.82, 2.24) is 14.8 Å². The van der Waals surface area contributed by atoms with Crippen molar-refractivity contribution in [2.75, 3.05) is 37.9 Å². The molecule has 0 unspecified atom stereocenters. The molecule has 0 amide bonds. The molecule has 27 heavy (non-hydrogen) atoms. The highest BCUT2D eigenvalue weighted by molar-refractivity contribution is 8.21. The van der Waals surface area contributed by atoms with Gasteiger partial charge in [-0.25, -0.2) is 13.4 Å². The van der Waals surface area contributed by atoms with Gasteiger partial charge in [0.1, 0.15) is 0 Å². The van der Waals surface area contributed by atoms with Crippen LogP contribution in [-0.4, -0.2) is 60.7 Å². The summed E-state index contributed by atoms with van der Waals surface area (Å²) >= 11 is 7.74. The number of rotatable bonds is 5. The number of piperazine rings is 1. The third-order valence-corrected chi connectivity index (χ3v) is 7.07. The van der Waals surface area contributed by atoms with Crippen LogP contribution in [0.15, 0.2) is 50.4 Å². The lowest BCUT2D eigenvalue weighted by Gasteiger charge is -2.32. The Morgan fingerprint density at radius 1 is 1.26 bits per heavy atom. The summed E-state index contributed by atoms with van der Waals surface area (Å²) in [5, 5.41) is 6.12. The average Bonchev–Trinajstić information content (AvgIpc) is 3.15. The van der Waals surface area contributed by atoms with Gasteiger partial charge in [-0.15, -0.1) is 21.0 Å². The minimum Gasteiger partial charge on any atom is -0.353 e. The molecule has 1 saturated heterocycles. The lowest BCUT2D eigenvalue weighted by Crippen LogP contribution is -2.45. The van der Waals surface area contributed by atoms with E-state index in [4.69, 9.17) is 12.2 Å². The SMILES string of the molecule is CN1CCN(C(=S)SN=Nc2ccc(S(=O)(=O)Nc3nccs3)cc2)CC1. The minimum absolute atomic E-state index is 0.136. The van der Waals surface area contributed by atoms with Gasteiger partial charge in [0.05, 0.1) is 22.5 Å². The smallest absolute Gasteiger partial charge is 0.263 e. The number of nitrogens with one attached hydrogen (secondary N) is 1. The van der Waals surface area contributed by atoms with Crippen LogP contribution in [-0.2, 0) is 10.0 Å². The number of benzene rings is 1. The summed E-state index contributed by atoms with van der Waals surface area (Å²) in [6.45, 7) is 3.72. The molecule has 1 aromatic carbocycles. The molecule has 2 aromatic rings. The summed E-state index contributed by atoms with van der Waals surface area (Å²) in [4.78, 5) is 8.42. The molecule has 0 bridgehead atoms. The molecule has 2 heterocycles. The summed E-state index contributed by atoms with van der Waals surface area (Å²) in [6, 6.07) is 6.15. The fourth-order valence-electron chi connectivity index (χ4n) is 2.29. The summed E-state index contributed by atoms with van der Waals surface area (Å²) in [6.07, 6.45) is 1.54. The topological polar surface area (TPSA) is 90.3 Å². The molecule has 0 radical (unpaired) electrons.